The first-order chi connectivity index (χ1) is 6.86. The minimum absolute atomic E-state index is 0.684. The second kappa shape index (κ2) is 2.60. The molecular weight excluding hydrogens is 174 g/mol. The van der Waals surface area contributed by atoms with Gasteiger partial charge in [-0.05, 0) is 24.7 Å². The van der Waals surface area contributed by atoms with Gasteiger partial charge in [-0.3, -0.25) is 5.10 Å². The minimum atomic E-state index is 0.684. The molecule has 1 N–H and O–H groups in total. The predicted octanol–water partition coefficient (Wildman–Crippen LogP) is 1.97. The zero-order chi connectivity index (χ0) is 9.71. The Morgan fingerprint density at radius 2 is 2.50 bits per heavy atom. The standard InChI is InChI=1S/C11H13N3/c1-2-3-6-7-4-8-9(5-12)13-14-11(8)10(6)7/h6-7,10H,2-4H2,1H3,(H,13,14)/t6-,7-,10+/m0/s1. The van der Waals surface area contributed by atoms with Crippen LogP contribution in [0, 0.1) is 23.2 Å². The van der Waals surface area contributed by atoms with Gasteiger partial charge in [0.25, 0.3) is 0 Å². The molecule has 3 atom stereocenters. The summed E-state index contributed by atoms with van der Waals surface area (Å²) in [6.45, 7) is 2.24. The Morgan fingerprint density at radius 1 is 1.64 bits per heavy atom. The van der Waals surface area contributed by atoms with Crippen LogP contribution in [0.3, 0.4) is 0 Å². The second-order valence-corrected chi connectivity index (χ2v) is 4.42. The van der Waals surface area contributed by atoms with Crippen molar-refractivity contribution in [1.82, 2.24) is 10.2 Å². The molecule has 3 nitrogen and oxygen atoms in total. The lowest BCUT2D eigenvalue weighted by Gasteiger charge is -1.99. The monoisotopic (exact) mass is 187 g/mol. The van der Waals surface area contributed by atoms with Gasteiger partial charge in [-0.25, -0.2) is 0 Å². The fourth-order valence-corrected chi connectivity index (χ4v) is 3.05. The molecule has 0 aliphatic heterocycles. The lowest BCUT2D eigenvalue weighted by molar-refractivity contribution is 0.620. The molecule has 3 rings (SSSR count). The number of nitrogens with zero attached hydrogens (tertiary/aromatic N) is 2. The van der Waals surface area contributed by atoms with Crippen molar-refractivity contribution in [1.29, 1.82) is 5.26 Å². The van der Waals surface area contributed by atoms with Gasteiger partial charge in [0, 0.05) is 11.5 Å². The molecule has 0 radical (unpaired) electrons. The van der Waals surface area contributed by atoms with Crippen LogP contribution in [0.25, 0.3) is 0 Å². The van der Waals surface area contributed by atoms with Crippen molar-refractivity contribution < 1.29 is 0 Å². The first-order valence-electron chi connectivity index (χ1n) is 5.34. The molecule has 0 bridgehead atoms. The number of fused-ring (bicyclic) bond motifs is 3. The number of H-pyrrole nitrogens is 1. The van der Waals surface area contributed by atoms with Gasteiger partial charge in [0.1, 0.15) is 11.8 Å². The highest BCUT2D eigenvalue weighted by Gasteiger charge is 2.56. The third kappa shape index (κ3) is 0.836. The third-order valence-corrected chi connectivity index (χ3v) is 3.72. The van der Waals surface area contributed by atoms with Crippen LogP contribution in [0.4, 0.5) is 0 Å². The summed E-state index contributed by atoms with van der Waals surface area (Å²) < 4.78 is 0. The van der Waals surface area contributed by atoms with Crippen molar-refractivity contribution in [2.75, 3.05) is 0 Å². The van der Waals surface area contributed by atoms with Crippen LogP contribution >= 0.6 is 0 Å². The van der Waals surface area contributed by atoms with Crippen LogP contribution in [0.2, 0.25) is 0 Å². The first kappa shape index (κ1) is 8.05. The van der Waals surface area contributed by atoms with E-state index in [0.717, 1.165) is 18.3 Å². The fraction of sp³-hybridized carbons (Fsp3) is 0.636. The molecule has 14 heavy (non-hydrogen) atoms. The van der Waals surface area contributed by atoms with Gasteiger partial charge in [0.15, 0.2) is 0 Å². The smallest absolute Gasteiger partial charge is 0.138 e. The lowest BCUT2D eigenvalue weighted by atomic mass is 10.0. The molecule has 1 aromatic heterocycles. The molecule has 1 aromatic rings. The highest BCUT2D eigenvalue weighted by molar-refractivity contribution is 5.45. The van der Waals surface area contributed by atoms with E-state index in [-0.39, 0.29) is 0 Å². The number of hydrogen-bond donors (Lipinski definition) is 1. The normalized spacial score (nSPS) is 32.1. The maximum Gasteiger partial charge on any atom is 0.138 e. The van der Waals surface area contributed by atoms with Crippen molar-refractivity contribution >= 4 is 0 Å². The summed E-state index contributed by atoms with van der Waals surface area (Å²) in [5.41, 5.74) is 3.10. The molecule has 0 amide bonds. The van der Waals surface area contributed by atoms with Gasteiger partial charge in [0.05, 0.1) is 5.69 Å². The molecular formula is C11H13N3. The largest absolute Gasteiger partial charge is 0.267 e. The molecule has 1 heterocycles. The maximum absolute atomic E-state index is 8.84. The van der Waals surface area contributed by atoms with Crippen LogP contribution < -0.4 is 0 Å². The Balaban J connectivity index is 1.89. The Labute approximate surface area is 83.1 Å². The molecule has 0 spiro atoms. The van der Waals surface area contributed by atoms with Crippen LogP contribution in [-0.2, 0) is 6.42 Å². The SMILES string of the molecule is CCC[C@H]1[C@@H]2Cc3c(n[nH]c3C#N)[C@H]12. The van der Waals surface area contributed by atoms with Gasteiger partial charge < -0.3 is 0 Å². The summed E-state index contributed by atoms with van der Waals surface area (Å²) in [7, 11) is 0. The van der Waals surface area contributed by atoms with Crippen LogP contribution in [0.1, 0.15) is 42.6 Å². The van der Waals surface area contributed by atoms with Crippen molar-refractivity contribution in [3.8, 4) is 6.07 Å². The minimum Gasteiger partial charge on any atom is -0.267 e. The van der Waals surface area contributed by atoms with E-state index in [0.29, 0.717) is 11.6 Å². The van der Waals surface area contributed by atoms with Crippen molar-refractivity contribution in [2.24, 2.45) is 11.8 Å². The van der Waals surface area contributed by atoms with Gasteiger partial charge in [-0.2, -0.15) is 10.4 Å². The Bertz CT molecular complexity index is 413. The molecule has 1 saturated carbocycles. The van der Waals surface area contributed by atoms with Gasteiger partial charge in [-0.1, -0.05) is 13.3 Å². The number of hydrogen-bond acceptors (Lipinski definition) is 2. The molecule has 0 aromatic carbocycles. The van der Waals surface area contributed by atoms with Gasteiger partial charge >= 0.3 is 0 Å². The number of aromatic amines is 1. The summed E-state index contributed by atoms with van der Waals surface area (Å²) in [5.74, 6) is 2.36. The van der Waals surface area contributed by atoms with Crippen LogP contribution in [-0.4, -0.2) is 10.2 Å². The molecule has 2 aliphatic carbocycles. The summed E-state index contributed by atoms with van der Waals surface area (Å²) in [6.07, 6.45) is 3.68. The van der Waals surface area contributed by atoms with E-state index in [2.05, 4.69) is 23.2 Å². The van der Waals surface area contributed by atoms with Crippen molar-refractivity contribution in [3.63, 3.8) is 0 Å². The highest BCUT2D eigenvalue weighted by Crippen LogP contribution is 2.62. The van der Waals surface area contributed by atoms with E-state index in [9.17, 15) is 0 Å². The fourth-order valence-electron chi connectivity index (χ4n) is 3.05. The van der Waals surface area contributed by atoms with Crippen molar-refractivity contribution in [3.05, 3.63) is 17.0 Å². The third-order valence-electron chi connectivity index (χ3n) is 3.72. The molecule has 72 valence electrons. The Morgan fingerprint density at radius 3 is 3.21 bits per heavy atom. The Hall–Kier alpha value is -1.30. The average molecular weight is 187 g/mol. The summed E-state index contributed by atoms with van der Waals surface area (Å²) in [4.78, 5) is 0. The topological polar surface area (TPSA) is 52.5 Å². The van der Waals surface area contributed by atoms with E-state index >= 15 is 0 Å². The van der Waals surface area contributed by atoms with Crippen LogP contribution in [0.15, 0.2) is 0 Å². The molecule has 0 unspecified atom stereocenters. The van der Waals surface area contributed by atoms with Gasteiger partial charge in [0.2, 0.25) is 0 Å². The zero-order valence-electron chi connectivity index (χ0n) is 8.25. The molecule has 3 heteroatoms. The number of nitrogens with one attached hydrogen (secondary N) is 1. The number of rotatable bonds is 2. The second-order valence-electron chi connectivity index (χ2n) is 4.42. The first-order valence-corrected chi connectivity index (χ1v) is 5.34. The maximum atomic E-state index is 8.84. The van der Waals surface area contributed by atoms with E-state index in [1.165, 1.54) is 24.1 Å². The van der Waals surface area contributed by atoms with E-state index in [1.807, 2.05) is 0 Å². The van der Waals surface area contributed by atoms with E-state index in [1.54, 1.807) is 0 Å². The zero-order valence-corrected chi connectivity index (χ0v) is 8.25. The van der Waals surface area contributed by atoms with E-state index in [4.69, 9.17) is 5.26 Å². The van der Waals surface area contributed by atoms with Gasteiger partial charge in [-0.15, -0.1) is 0 Å². The van der Waals surface area contributed by atoms with Crippen LogP contribution in [0.5, 0.6) is 0 Å². The quantitative estimate of drug-likeness (QED) is 0.769. The molecule has 2 aliphatic rings. The average Bonchev–Trinajstić information content (AvgIpc) is 2.61. The summed E-state index contributed by atoms with van der Waals surface area (Å²) >= 11 is 0. The number of aromatic nitrogens is 2. The van der Waals surface area contributed by atoms with Crippen molar-refractivity contribution in [2.45, 2.75) is 32.1 Å². The highest BCUT2D eigenvalue weighted by atomic mass is 15.1. The number of nitriles is 1. The summed E-state index contributed by atoms with van der Waals surface area (Å²) in [6, 6.07) is 2.18. The van der Waals surface area contributed by atoms with E-state index < -0.39 is 0 Å². The summed E-state index contributed by atoms with van der Waals surface area (Å²) in [5, 5.41) is 15.9. The molecule has 0 saturated heterocycles. The predicted molar refractivity (Wildman–Crippen MR) is 51.6 cm³/mol. The Kier molecular flexibility index (Phi) is 1.49. The lowest BCUT2D eigenvalue weighted by Crippen LogP contribution is -1.93. The molecule has 1 fully saturated rings.